The van der Waals surface area contributed by atoms with Gasteiger partial charge in [-0.2, -0.15) is 4.72 Å². The van der Waals surface area contributed by atoms with Gasteiger partial charge in [0.15, 0.2) is 0 Å². The van der Waals surface area contributed by atoms with Gasteiger partial charge in [-0.3, -0.25) is 9.59 Å². The van der Waals surface area contributed by atoms with Gasteiger partial charge in [-0.1, -0.05) is 0 Å². The van der Waals surface area contributed by atoms with Gasteiger partial charge in [0.1, 0.15) is 11.8 Å². The number of carboxylic acid groups (broad SMARTS) is 1. The lowest BCUT2D eigenvalue weighted by Crippen LogP contribution is -2.47. The van der Waals surface area contributed by atoms with Crippen LogP contribution in [0.15, 0.2) is 17.0 Å². The Kier molecular flexibility index (Phi) is 8.67. The number of ether oxygens (including phenoxy) is 2. The van der Waals surface area contributed by atoms with Gasteiger partial charge in [-0.15, -0.1) is 0 Å². The summed E-state index contributed by atoms with van der Waals surface area (Å²) in [6, 6.07) is 2.07. The number of aliphatic carboxylic acids is 1. The van der Waals surface area contributed by atoms with Crippen molar-refractivity contribution in [2.45, 2.75) is 37.6 Å². The second kappa shape index (κ2) is 10.2. The number of hydrogen-bond acceptors (Lipinski definition) is 7. The van der Waals surface area contributed by atoms with E-state index in [2.05, 4.69) is 14.8 Å². The molecule has 0 bridgehead atoms. The Labute approximate surface area is 159 Å². The number of nitrogens with one attached hydrogen (secondary N) is 2. The summed E-state index contributed by atoms with van der Waals surface area (Å²) in [7, 11) is -1.19. The maximum atomic E-state index is 12.8. The average Bonchev–Trinajstić information content (AvgIpc) is 2.56. The molecule has 0 aliphatic heterocycles. The average molecular weight is 402 g/mol. The predicted molar refractivity (Wildman–Crippen MR) is 98.3 cm³/mol. The first-order valence-corrected chi connectivity index (χ1v) is 9.81. The van der Waals surface area contributed by atoms with Crippen LogP contribution in [-0.4, -0.2) is 58.8 Å². The summed E-state index contributed by atoms with van der Waals surface area (Å²) in [5, 5.41) is 11.4. The number of carbonyl (C=O) groups is 2. The van der Waals surface area contributed by atoms with E-state index in [1.165, 1.54) is 7.11 Å². The highest BCUT2D eigenvalue weighted by Crippen LogP contribution is 2.26. The van der Waals surface area contributed by atoms with Crippen molar-refractivity contribution in [3.05, 3.63) is 23.3 Å². The molecule has 0 saturated carbocycles. The Hall–Kier alpha value is -2.17. The molecule has 0 aliphatic carbocycles. The molecule has 0 radical (unpaired) electrons. The minimum absolute atomic E-state index is 0.00523. The second-order valence-corrected chi connectivity index (χ2v) is 7.64. The third kappa shape index (κ3) is 6.81. The molecule has 1 atom stereocenters. The van der Waals surface area contributed by atoms with Crippen molar-refractivity contribution in [3.63, 3.8) is 0 Å². The normalized spacial score (nSPS) is 12.4. The SMILES string of the molecule is CNC[C@H](NS(=O)(=O)c1c(C)cc(OCCCC(=O)O)cc1C)C(=O)OC. The monoisotopic (exact) mass is 402 g/mol. The Morgan fingerprint density at radius 3 is 2.30 bits per heavy atom. The van der Waals surface area contributed by atoms with Crippen molar-refractivity contribution in [1.29, 1.82) is 0 Å². The summed E-state index contributed by atoms with van der Waals surface area (Å²) < 4.78 is 38.0. The van der Waals surface area contributed by atoms with Gasteiger partial charge in [0.2, 0.25) is 10.0 Å². The molecular weight excluding hydrogens is 376 g/mol. The zero-order valence-electron chi connectivity index (χ0n) is 15.9. The zero-order chi connectivity index (χ0) is 20.6. The van der Waals surface area contributed by atoms with E-state index in [-0.39, 0.29) is 24.5 Å². The number of esters is 1. The van der Waals surface area contributed by atoms with Crippen LogP contribution >= 0.6 is 0 Å². The highest BCUT2D eigenvalue weighted by atomic mass is 32.2. The molecule has 0 fully saturated rings. The summed E-state index contributed by atoms with van der Waals surface area (Å²) >= 11 is 0. The molecule has 0 unspecified atom stereocenters. The third-order valence-electron chi connectivity index (χ3n) is 3.70. The van der Waals surface area contributed by atoms with Crippen LogP contribution in [0.25, 0.3) is 0 Å². The zero-order valence-corrected chi connectivity index (χ0v) is 16.7. The van der Waals surface area contributed by atoms with Gasteiger partial charge >= 0.3 is 11.9 Å². The van der Waals surface area contributed by atoms with E-state index < -0.39 is 28.0 Å². The lowest BCUT2D eigenvalue weighted by atomic mass is 10.1. The minimum atomic E-state index is -3.98. The van der Waals surface area contributed by atoms with E-state index in [0.29, 0.717) is 23.3 Å². The lowest BCUT2D eigenvalue weighted by molar-refractivity contribution is -0.142. The molecule has 0 heterocycles. The number of likely N-dealkylation sites (N-methyl/N-ethyl adjacent to an activating group) is 1. The Bertz CT molecular complexity index is 754. The van der Waals surface area contributed by atoms with Crippen LogP contribution in [0.4, 0.5) is 0 Å². The molecule has 152 valence electrons. The highest BCUT2D eigenvalue weighted by molar-refractivity contribution is 7.89. The lowest BCUT2D eigenvalue weighted by Gasteiger charge is -2.19. The largest absolute Gasteiger partial charge is 0.494 e. The van der Waals surface area contributed by atoms with Crippen LogP contribution in [0.3, 0.4) is 0 Å². The van der Waals surface area contributed by atoms with Crippen LogP contribution in [-0.2, 0) is 24.3 Å². The molecule has 1 rings (SSSR count). The van der Waals surface area contributed by atoms with Gasteiger partial charge in [0.25, 0.3) is 0 Å². The summed E-state index contributed by atoms with van der Waals surface area (Å²) in [5.74, 6) is -1.14. The number of rotatable bonds is 11. The maximum absolute atomic E-state index is 12.8. The van der Waals surface area contributed by atoms with Crippen LogP contribution in [0.5, 0.6) is 5.75 Å². The molecule has 9 nitrogen and oxygen atoms in total. The smallest absolute Gasteiger partial charge is 0.325 e. The summed E-state index contributed by atoms with van der Waals surface area (Å²) in [6.07, 6.45) is 0.342. The number of carboxylic acids is 1. The van der Waals surface area contributed by atoms with Crippen LogP contribution in [0, 0.1) is 13.8 Å². The first-order chi connectivity index (χ1) is 12.6. The number of methoxy groups -OCH3 is 1. The first kappa shape index (κ1) is 22.9. The van der Waals surface area contributed by atoms with Crippen LogP contribution in [0.2, 0.25) is 0 Å². The Morgan fingerprint density at radius 2 is 1.81 bits per heavy atom. The summed E-state index contributed by atoms with van der Waals surface area (Å²) in [4.78, 5) is 22.4. The van der Waals surface area contributed by atoms with Crippen molar-refractivity contribution in [1.82, 2.24) is 10.0 Å². The number of carbonyl (C=O) groups excluding carboxylic acids is 1. The third-order valence-corrected chi connectivity index (χ3v) is 5.47. The van der Waals surface area contributed by atoms with Crippen molar-refractivity contribution in [2.75, 3.05) is 27.3 Å². The highest BCUT2D eigenvalue weighted by Gasteiger charge is 2.28. The van der Waals surface area contributed by atoms with E-state index >= 15 is 0 Å². The Balaban J connectivity index is 3.00. The molecule has 0 spiro atoms. The van der Waals surface area contributed by atoms with Gasteiger partial charge in [0, 0.05) is 13.0 Å². The number of hydrogen-bond donors (Lipinski definition) is 3. The molecule has 3 N–H and O–H groups in total. The van der Waals surface area contributed by atoms with E-state index in [4.69, 9.17) is 9.84 Å². The van der Waals surface area contributed by atoms with Gasteiger partial charge in [0.05, 0.1) is 18.6 Å². The molecule has 1 aromatic carbocycles. The number of sulfonamides is 1. The van der Waals surface area contributed by atoms with E-state index in [1.807, 2.05) is 0 Å². The molecule has 0 saturated heterocycles. The summed E-state index contributed by atoms with van der Waals surface area (Å²) in [6.45, 7) is 3.53. The quantitative estimate of drug-likeness (QED) is 0.362. The van der Waals surface area contributed by atoms with E-state index in [0.717, 1.165) is 0 Å². The molecule has 0 aliphatic rings. The molecule has 0 aromatic heterocycles. The van der Waals surface area contributed by atoms with Gasteiger partial charge in [-0.05, 0) is 50.6 Å². The van der Waals surface area contributed by atoms with Gasteiger partial charge in [-0.25, -0.2) is 8.42 Å². The van der Waals surface area contributed by atoms with Gasteiger partial charge < -0.3 is 19.9 Å². The summed E-state index contributed by atoms with van der Waals surface area (Å²) in [5.41, 5.74) is 0.896. The first-order valence-electron chi connectivity index (χ1n) is 8.33. The topological polar surface area (TPSA) is 131 Å². The molecular formula is C17H26N2O7S. The number of aryl methyl sites for hydroxylation is 2. The van der Waals surface area contributed by atoms with Crippen molar-refractivity contribution in [3.8, 4) is 5.75 Å². The van der Waals surface area contributed by atoms with Crippen molar-refractivity contribution >= 4 is 22.0 Å². The van der Waals surface area contributed by atoms with Crippen molar-refractivity contribution < 1.29 is 32.6 Å². The fourth-order valence-corrected chi connectivity index (χ4v) is 4.23. The second-order valence-electron chi connectivity index (χ2n) is 5.99. The fourth-order valence-electron chi connectivity index (χ4n) is 2.60. The standard InChI is InChI=1S/C17H26N2O7S/c1-11-8-13(26-7-5-6-15(20)21)9-12(2)16(11)27(23,24)19-14(10-18-3)17(22)25-4/h8-9,14,18-19H,5-7,10H2,1-4H3,(H,20,21)/t14-/m0/s1. The van der Waals surface area contributed by atoms with Crippen LogP contribution in [0.1, 0.15) is 24.0 Å². The molecule has 27 heavy (non-hydrogen) atoms. The Morgan fingerprint density at radius 1 is 1.22 bits per heavy atom. The maximum Gasteiger partial charge on any atom is 0.325 e. The molecule has 10 heteroatoms. The molecule has 0 amide bonds. The molecule has 1 aromatic rings. The number of benzene rings is 1. The van der Waals surface area contributed by atoms with E-state index in [9.17, 15) is 18.0 Å². The minimum Gasteiger partial charge on any atom is -0.494 e. The fraction of sp³-hybridized carbons (Fsp3) is 0.529. The predicted octanol–water partition coefficient (Wildman–Crippen LogP) is 0.586. The van der Waals surface area contributed by atoms with E-state index in [1.54, 1.807) is 33.0 Å². The van der Waals surface area contributed by atoms with Crippen molar-refractivity contribution in [2.24, 2.45) is 0 Å². The van der Waals surface area contributed by atoms with Crippen LogP contribution < -0.4 is 14.8 Å².